The van der Waals surface area contributed by atoms with Gasteiger partial charge >= 0.3 is 5.97 Å². The van der Waals surface area contributed by atoms with E-state index in [2.05, 4.69) is 4.98 Å². The number of carbonyl (C=O) groups is 2. The summed E-state index contributed by atoms with van der Waals surface area (Å²) in [6.45, 7) is 0.107. The minimum Gasteiger partial charge on any atom is -0.480 e. The number of nitrogens with one attached hydrogen (secondary N) is 1. The normalized spacial score (nSPS) is 16.2. The Hall–Kier alpha value is -3.48. The molecule has 27 heavy (non-hydrogen) atoms. The molecule has 6 nitrogen and oxygen atoms in total. The topological polar surface area (TPSA) is 90.5 Å². The number of hydrogen-bond acceptors (Lipinski definition) is 3. The molecule has 3 aromatic rings. The molecule has 2 aromatic carbocycles. The number of pyridine rings is 1. The number of hydrogen-bond donors (Lipinski definition) is 2. The highest BCUT2D eigenvalue weighted by Crippen LogP contribution is 2.27. The molecule has 1 aromatic heterocycles. The average molecular weight is 366 g/mol. The number of rotatable bonds is 2. The molecule has 0 unspecified atom stereocenters. The van der Waals surface area contributed by atoms with Crippen molar-refractivity contribution in [3.8, 4) is 0 Å². The number of aromatic amines is 1. The van der Waals surface area contributed by atoms with Gasteiger partial charge in [-0.25, -0.2) is 9.18 Å². The Kier molecular flexibility index (Phi) is 3.99. The van der Waals surface area contributed by atoms with Gasteiger partial charge in [0.1, 0.15) is 11.9 Å². The molecule has 0 fully saturated rings. The first-order valence-corrected chi connectivity index (χ1v) is 8.37. The summed E-state index contributed by atoms with van der Waals surface area (Å²) in [5, 5.41) is 9.86. The van der Waals surface area contributed by atoms with Gasteiger partial charge < -0.3 is 15.0 Å². The van der Waals surface area contributed by atoms with Crippen LogP contribution in [0.5, 0.6) is 0 Å². The van der Waals surface area contributed by atoms with Gasteiger partial charge in [-0.3, -0.25) is 9.59 Å². The highest BCUT2D eigenvalue weighted by molar-refractivity contribution is 6.07. The monoisotopic (exact) mass is 366 g/mol. The van der Waals surface area contributed by atoms with Gasteiger partial charge in [-0.05, 0) is 29.3 Å². The number of fused-ring (bicyclic) bond motifs is 2. The van der Waals surface area contributed by atoms with E-state index in [1.807, 2.05) is 24.3 Å². The zero-order valence-electron chi connectivity index (χ0n) is 14.1. The van der Waals surface area contributed by atoms with Crippen LogP contribution in [0.25, 0.3) is 10.9 Å². The lowest BCUT2D eigenvalue weighted by atomic mass is 9.93. The SMILES string of the molecule is O=C(O)[C@@H]1Cc2ccccc2CN1C(=O)c1cc(=O)[nH]c2ccc(F)cc12. The molecule has 2 heterocycles. The van der Waals surface area contributed by atoms with Crippen molar-refractivity contribution >= 4 is 22.8 Å². The van der Waals surface area contributed by atoms with Crippen LogP contribution in [0.2, 0.25) is 0 Å². The van der Waals surface area contributed by atoms with E-state index in [0.717, 1.165) is 23.3 Å². The average Bonchev–Trinajstić information content (AvgIpc) is 2.66. The van der Waals surface area contributed by atoms with Crippen LogP contribution in [-0.2, 0) is 17.8 Å². The Morgan fingerprint density at radius 1 is 1.11 bits per heavy atom. The van der Waals surface area contributed by atoms with Crippen LogP contribution < -0.4 is 5.56 Å². The fourth-order valence-corrected chi connectivity index (χ4v) is 3.51. The summed E-state index contributed by atoms with van der Waals surface area (Å²) in [4.78, 5) is 40.7. The molecule has 4 rings (SSSR count). The number of aromatic nitrogens is 1. The maximum atomic E-state index is 13.7. The highest BCUT2D eigenvalue weighted by Gasteiger charge is 2.35. The Labute approximate surface area is 152 Å². The van der Waals surface area contributed by atoms with Crippen molar-refractivity contribution in [1.29, 1.82) is 0 Å². The van der Waals surface area contributed by atoms with E-state index in [1.54, 1.807) is 0 Å². The molecule has 0 saturated heterocycles. The molecule has 1 amide bonds. The second-order valence-corrected chi connectivity index (χ2v) is 6.50. The molecule has 1 aliphatic rings. The second-order valence-electron chi connectivity index (χ2n) is 6.50. The third kappa shape index (κ3) is 2.97. The van der Waals surface area contributed by atoms with Gasteiger partial charge in [0.2, 0.25) is 5.56 Å². The van der Waals surface area contributed by atoms with Gasteiger partial charge in [0.25, 0.3) is 5.91 Å². The Bertz CT molecular complexity index is 1140. The number of carbonyl (C=O) groups excluding carboxylic acids is 1. The molecular formula is C20H15FN2O4. The van der Waals surface area contributed by atoms with E-state index in [1.165, 1.54) is 17.0 Å². The van der Waals surface area contributed by atoms with E-state index in [4.69, 9.17) is 0 Å². The van der Waals surface area contributed by atoms with E-state index in [0.29, 0.717) is 5.52 Å². The van der Waals surface area contributed by atoms with Crippen LogP contribution in [0.15, 0.2) is 53.3 Å². The Morgan fingerprint density at radius 3 is 2.59 bits per heavy atom. The lowest BCUT2D eigenvalue weighted by Crippen LogP contribution is -2.48. The molecular weight excluding hydrogens is 351 g/mol. The van der Waals surface area contributed by atoms with Crippen molar-refractivity contribution in [1.82, 2.24) is 9.88 Å². The molecule has 0 spiro atoms. The molecule has 136 valence electrons. The number of halogens is 1. The minimum absolute atomic E-state index is 0.0149. The molecule has 0 bridgehead atoms. The van der Waals surface area contributed by atoms with Crippen LogP contribution in [0.4, 0.5) is 4.39 Å². The van der Waals surface area contributed by atoms with Gasteiger partial charge in [-0.15, -0.1) is 0 Å². The highest BCUT2D eigenvalue weighted by atomic mass is 19.1. The van der Waals surface area contributed by atoms with Crippen molar-refractivity contribution in [3.63, 3.8) is 0 Å². The van der Waals surface area contributed by atoms with E-state index >= 15 is 0 Å². The van der Waals surface area contributed by atoms with Crippen LogP contribution in [-0.4, -0.2) is 32.9 Å². The number of carboxylic acids is 1. The zero-order valence-corrected chi connectivity index (χ0v) is 14.1. The predicted molar refractivity (Wildman–Crippen MR) is 96.0 cm³/mol. The summed E-state index contributed by atoms with van der Waals surface area (Å²) in [6.07, 6.45) is 0.173. The third-order valence-corrected chi connectivity index (χ3v) is 4.83. The number of amides is 1. The summed E-state index contributed by atoms with van der Waals surface area (Å²) in [5.74, 6) is -2.29. The number of carboxylic acid groups (broad SMARTS) is 1. The van der Waals surface area contributed by atoms with Crippen molar-refractivity contribution in [2.75, 3.05) is 0 Å². The summed E-state index contributed by atoms with van der Waals surface area (Å²) in [6, 6.07) is 11.1. The van der Waals surface area contributed by atoms with Gasteiger partial charge in [0.15, 0.2) is 0 Å². The van der Waals surface area contributed by atoms with Gasteiger partial charge in [0.05, 0.1) is 5.56 Å². The largest absolute Gasteiger partial charge is 0.480 e. The zero-order chi connectivity index (χ0) is 19.1. The number of nitrogens with zero attached hydrogens (tertiary/aromatic N) is 1. The van der Waals surface area contributed by atoms with E-state index in [-0.39, 0.29) is 23.9 Å². The lowest BCUT2D eigenvalue weighted by Gasteiger charge is -2.34. The predicted octanol–water partition coefficient (Wildman–Crippen LogP) is 2.32. The minimum atomic E-state index is -1.13. The third-order valence-electron chi connectivity index (χ3n) is 4.83. The fourth-order valence-electron chi connectivity index (χ4n) is 3.51. The molecule has 2 N–H and O–H groups in total. The van der Waals surface area contributed by atoms with Gasteiger partial charge in [0, 0.05) is 29.9 Å². The van der Waals surface area contributed by atoms with Gasteiger partial charge in [-0.1, -0.05) is 24.3 Å². The van der Waals surface area contributed by atoms with Crippen molar-refractivity contribution < 1.29 is 19.1 Å². The first-order chi connectivity index (χ1) is 12.9. The maximum absolute atomic E-state index is 13.7. The summed E-state index contributed by atoms with van der Waals surface area (Å²) in [7, 11) is 0. The Morgan fingerprint density at radius 2 is 1.85 bits per heavy atom. The molecule has 1 atom stereocenters. The summed E-state index contributed by atoms with van der Waals surface area (Å²) < 4.78 is 13.7. The van der Waals surface area contributed by atoms with Crippen LogP contribution in [0.1, 0.15) is 21.5 Å². The number of benzene rings is 2. The van der Waals surface area contributed by atoms with Crippen molar-refractivity contribution in [2.45, 2.75) is 19.0 Å². The van der Waals surface area contributed by atoms with Crippen LogP contribution in [0.3, 0.4) is 0 Å². The van der Waals surface area contributed by atoms with Crippen LogP contribution >= 0.6 is 0 Å². The second kappa shape index (κ2) is 6.35. The molecule has 0 radical (unpaired) electrons. The van der Waals surface area contributed by atoms with Crippen molar-refractivity contribution in [2.24, 2.45) is 0 Å². The smallest absolute Gasteiger partial charge is 0.326 e. The maximum Gasteiger partial charge on any atom is 0.326 e. The first kappa shape index (κ1) is 17.0. The number of aliphatic carboxylic acids is 1. The van der Waals surface area contributed by atoms with Gasteiger partial charge in [-0.2, -0.15) is 0 Å². The lowest BCUT2D eigenvalue weighted by molar-refractivity contribution is -0.142. The van der Waals surface area contributed by atoms with E-state index < -0.39 is 29.3 Å². The standard InChI is InChI=1S/C20H15FN2O4/c21-13-5-6-16-14(8-13)15(9-18(24)22-16)19(25)23-10-12-4-2-1-3-11(12)7-17(23)20(26)27/h1-6,8-9,17H,7,10H2,(H,22,24)(H,26,27)/t17-/m0/s1. The first-order valence-electron chi connectivity index (χ1n) is 8.37. The molecule has 1 aliphatic heterocycles. The van der Waals surface area contributed by atoms with E-state index in [9.17, 15) is 23.9 Å². The fraction of sp³-hybridized carbons (Fsp3) is 0.150. The quantitative estimate of drug-likeness (QED) is 0.728. The van der Waals surface area contributed by atoms with Crippen molar-refractivity contribution in [3.05, 3.63) is 81.4 Å². The molecule has 0 saturated carbocycles. The number of H-pyrrole nitrogens is 1. The Balaban J connectivity index is 1.84. The van der Waals surface area contributed by atoms with Crippen LogP contribution in [0, 0.1) is 5.82 Å². The molecule has 0 aliphatic carbocycles. The summed E-state index contributed by atoms with van der Waals surface area (Å²) in [5.41, 5.74) is 1.51. The summed E-state index contributed by atoms with van der Waals surface area (Å²) >= 11 is 0. The molecule has 7 heteroatoms.